The number of halogens is 6. The molecule has 0 bridgehead atoms. The van der Waals surface area contributed by atoms with Gasteiger partial charge in [0.15, 0.2) is 0 Å². The third-order valence-electron chi connectivity index (χ3n) is 1.73. The molecule has 72 valence electrons. The second-order valence-electron chi connectivity index (χ2n) is 2.89. The second-order valence-corrected chi connectivity index (χ2v) is 5.90. The standard InChI is InChI=1S/C6H6F4I2/c7-5(8)1-3(11)2-6(9,10)4(5)12/h3-4H,1-2H2. The van der Waals surface area contributed by atoms with Gasteiger partial charge in [0.1, 0.15) is 3.92 Å². The monoisotopic (exact) mass is 408 g/mol. The fourth-order valence-electron chi connectivity index (χ4n) is 1.18. The average Bonchev–Trinajstić information content (AvgIpc) is 1.80. The molecule has 12 heavy (non-hydrogen) atoms. The lowest BCUT2D eigenvalue weighted by Gasteiger charge is -2.36. The van der Waals surface area contributed by atoms with Gasteiger partial charge < -0.3 is 0 Å². The molecule has 1 fully saturated rings. The summed E-state index contributed by atoms with van der Waals surface area (Å²) in [6.45, 7) is 0. The molecule has 1 aliphatic rings. The quantitative estimate of drug-likeness (QED) is 0.326. The van der Waals surface area contributed by atoms with Crippen LogP contribution in [0.2, 0.25) is 0 Å². The van der Waals surface area contributed by atoms with E-state index in [2.05, 4.69) is 0 Å². The van der Waals surface area contributed by atoms with Crippen molar-refractivity contribution in [2.24, 2.45) is 0 Å². The number of hydrogen-bond acceptors (Lipinski definition) is 0. The fraction of sp³-hybridized carbons (Fsp3) is 1.00. The summed E-state index contributed by atoms with van der Waals surface area (Å²) >= 11 is 2.80. The van der Waals surface area contributed by atoms with Gasteiger partial charge in [-0.25, -0.2) is 17.6 Å². The van der Waals surface area contributed by atoms with Gasteiger partial charge >= 0.3 is 0 Å². The molecule has 0 aromatic carbocycles. The molecule has 0 aromatic heterocycles. The molecule has 0 amide bonds. The summed E-state index contributed by atoms with van der Waals surface area (Å²) in [7, 11) is 0. The van der Waals surface area contributed by atoms with Crippen molar-refractivity contribution in [3.8, 4) is 0 Å². The highest BCUT2D eigenvalue weighted by molar-refractivity contribution is 14.1. The minimum absolute atomic E-state index is 0.434. The van der Waals surface area contributed by atoms with Crippen molar-refractivity contribution in [3.63, 3.8) is 0 Å². The summed E-state index contributed by atoms with van der Waals surface area (Å²) in [6, 6.07) is 0. The molecule has 0 N–H and O–H groups in total. The highest BCUT2D eigenvalue weighted by atomic mass is 127. The Balaban J connectivity index is 2.84. The molecule has 0 aromatic rings. The van der Waals surface area contributed by atoms with Crippen molar-refractivity contribution in [2.75, 3.05) is 0 Å². The Labute approximate surface area is 94.7 Å². The number of rotatable bonds is 0. The maximum atomic E-state index is 12.9. The van der Waals surface area contributed by atoms with Crippen LogP contribution >= 0.6 is 45.2 Å². The molecule has 1 rings (SSSR count). The van der Waals surface area contributed by atoms with E-state index in [0.29, 0.717) is 0 Å². The van der Waals surface area contributed by atoms with Crippen LogP contribution in [0.4, 0.5) is 17.6 Å². The van der Waals surface area contributed by atoms with Crippen LogP contribution < -0.4 is 0 Å². The van der Waals surface area contributed by atoms with Crippen LogP contribution in [0.15, 0.2) is 0 Å². The van der Waals surface area contributed by atoms with Crippen molar-refractivity contribution in [1.82, 2.24) is 0 Å². The largest absolute Gasteiger partial charge is 0.266 e. The van der Waals surface area contributed by atoms with Gasteiger partial charge in [0.2, 0.25) is 0 Å². The Morgan fingerprint density at radius 2 is 1.25 bits per heavy atom. The predicted molar refractivity (Wildman–Crippen MR) is 54.7 cm³/mol. The average molecular weight is 408 g/mol. The van der Waals surface area contributed by atoms with Crippen molar-refractivity contribution < 1.29 is 17.6 Å². The molecule has 0 saturated heterocycles. The first-order valence-electron chi connectivity index (χ1n) is 3.29. The molecule has 0 unspecified atom stereocenters. The topological polar surface area (TPSA) is 0 Å². The third kappa shape index (κ3) is 2.16. The minimum atomic E-state index is -3.23. The lowest BCUT2D eigenvalue weighted by atomic mass is 9.93. The summed E-state index contributed by atoms with van der Waals surface area (Å²) < 4.78 is 48.9. The maximum absolute atomic E-state index is 12.9. The Hall–Kier alpha value is 1.18. The highest BCUT2D eigenvalue weighted by Crippen LogP contribution is 2.48. The Morgan fingerprint density at radius 1 is 0.917 bits per heavy atom. The van der Waals surface area contributed by atoms with Crippen LogP contribution in [0.1, 0.15) is 12.8 Å². The van der Waals surface area contributed by atoms with Crippen LogP contribution in [0, 0.1) is 0 Å². The van der Waals surface area contributed by atoms with E-state index < -0.39 is 32.5 Å². The van der Waals surface area contributed by atoms with E-state index in [4.69, 9.17) is 0 Å². The molecule has 0 heterocycles. The zero-order valence-electron chi connectivity index (χ0n) is 5.84. The summed E-state index contributed by atoms with van der Waals surface area (Å²) in [6.07, 6.45) is -0.868. The lowest BCUT2D eigenvalue weighted by molar-refractivity contribution is -0.125. The van der Waals surface area contributed by atoms with E-state index in [0.717, 1.165) is 22.6 Å². The van der Waals surface area contributed by atoms with E-state index in [-0.39, 0.29) is 0 Å². The number of hydrogen-bond donors (Lipinski definition) is 0. The molecular formula is C6H6F4I2. The van der Waals surface area contributed by atoms with Crippen molar-refractivity contribution in [1.29, 1.82) is 0 Å². The van der Waals surface area contributed by atoms with Gasteiger partial charge in [0.25, 0.3) is 11.8 Å². The van der Waals surface area contributed by atoms with Crippen LogP contribution in [0.5, 0.6) is 0 Å². The molecular weight excluding hydrogens is 402 g/mol. The SMILES string of the molecule is FC1(F)CC(I)CC(F)(F)C1I. The summed E-state index contributed by atoms with van der Waals surface area (Å²) in [5.74, 6) is -6.46. The van der Waals surface area contributed by atoms with Gasteiger partial charge in [0.05, 0.1) is 0 Å². The van der Waals surface area contributed by atoms with Crippen LogP contribution in [0.25, 0.3) is 0 Å². The van der Waals surface area contributed by atoms with E-state index in [1.54, 1.807) is 22.6 Å². The first kappa shape index (κ1) is 11.3. The van der Waals surface area contributed by atoms with Gasteiger partial charge in [0, 0.05) is 16.8 Å². The van der Waals surface area contributed by atoms with Gasteiger partial charge in [-0.05, 0) is 0 Å². The van der Waals surface area contributed by atoms with E-state index >= 15 is 0 Å². The molecule has 1 saturated carbocycles. The molecule has 0 atom stereocenters. The molecule has 6 heteroatoms. The highest BCUT2D eigenvalue weighted by Gasteiger charge is 2.58. The lowest BCUT2D eigenvalue weighted by Crippen LogP contribution is -2.50. The fourth-order valence-corrected chi connectivity index (χ4v) is 2.86. The van der Waals surface area contributed by atoms with Crippen molar-refractivity contribution in [3.05, 3.63) is 0 Å². The first-order valence-corrected chi connectivity index (χ1v) is 5.78. The van der Waals surface area contributed by atoms with E-state index in [1.807, 2.05) is 0 Å². The molecule has 0 nitrogen and oxygen atoms in total. The maximum Gasteiger partial charge on any atom is 0.266 e. The van der Waals surface area contributed by atoms with Crippen molar-refractivity contribution >= 4 is 45.2 Å². The summed E-state index contributed by atoms with van der Waals surface area (Å²) in [4.78, 5) is 0. The molecule has 0 spiro atoms. The Kier molecular flexibility index (Phi) is 3.18. The zero-order valence-corrected chi connectivity index (χ0v) is 10.2. The van der Waals surface area contributed by atoms with E-state index in [1.165, 1.54) is 0 Å². The Morgan fingerprint density at radius 3 is 1.58 bits per heavy atom. The number of alkyl halides is 6. The van der Waals surface area contributed by atoms with Crippen molar-refractivity contribution in [2.45, 2.75) is 32.5 Å². The van der Waals surface area contributed by atoms with E-state index in [9.17, 15) is 17.6 Å². The third-order valence-corrected chi connectivity index (χ3v) is 4.43. The predicted octanol–water partition coefficient (Wildman–Crippen LogP) is 3.66. The van der Waals surface area contributed by atoms with Crippen LogP contribution in [0.3, 0.4) is 0 Å². The summed E-state index contributed by atoms with van der Waals surface area (Å²) in [5.41, 5.74) is 0. The normalized spacial score (nSPS) is 39.5. The molecule has 1 aliphatic carbocycles. The van der Waals surface area contributed by atoms with Crippen LogP contribution in [-0.4, -0.2) is 19.7 Å². The molecule has 0 aliphatic heterocycles. The van der Waals surface area contributed by atoms with Crippen LogP contribution in [-0.2, 0) is 0 Å². The molecule has 0 radical (unpaired) electrons. The zero-order chi connectivity index (χ0) is 9.57. The van der Waals surface area contributed by atoms with Gasteiger partial charge in [-0.1, -0.05) is 45.2 Å². The van der Waals surface area contributed by atoms with Gasteiger partial charge in [-0.3, -0.25) is 0 Å². The Bertz CT molecular complexity index is 164. The van der Waals surface area contributed by atoms with Gasteiger partial charge in [-0.15, -0.1) is 0 Å². The smallest absolute Gasteiger partial charge is 0.205 e. The van der Waals surface area contributed by atoms with Gasteiger partial charge in [-0.2, -0.15) is 0 Å². The summed E-state index contributed by atoms with van der Waals surface area (Å²) in [5, 5.41) is 0. The minimum Gasteiger partial charge on any atom is -0.205 e. The second kappa shape index (κ2) is 3.39. The first-order chi connectivity index (χ1) is 5.26.